The molecule has 8 nitrogen and oxygen atoms in total. The second-order valence-electron chi connectivity index (χ2n) is 8.84. The predicted octanol–water partition coefficient (Wildman–Crippen LogP) is 3.02. The SMILES string of the molecule is C[C@H](O)c1nccn1Cc1cc(-c2ccc(C#CC3CCC(NCCC(N)=O)CC3)cc2)on1. The van der Waals surface area contributed by atoms with Crippen LogP contribution in [0, 0.1) is 17.8 Å². The summed E-state index contributed by atoms with van der Waals surface area (Å²) < 4.78 is 7.39. The van der Waals surface area contributed by atoms with Crippen molar-refractivity contribution in [1.29, 1.82) is 0 Å². The van der Waals surface area contributed by atoms with E-state index in [1.807, 2.05) is 41.1 Å². The number of benzene rings is 1. The minimum Gasteiger partial charge on any atom is -0.385 e. The molecule has 1 saturated carbocycles. The number of carbonyl (C=O) groups excluding carboxylic acids is 1. The Kier molecular flexibility index (Phi) is 7.78. The standard InChI is InChI=1S/C26H31N5O3/c1-18(32)26-29-14-15-31(26)17-23-16-24(34-30-23)21-8-4-19(5-9-21)2-3-20-6-10-22(11-7-20)28-13-12-25(27)33/h4-5,8-9,14-16,18,20,22,28,32H,6-7,10-13,17H2,1H3,(H2,27,33)/t18-,20?,22?/m0/s1. The molecule has 0 bridgehead atoms. The van der Waals surface area contributed by atoms with Crippen molar-refractivity contribution in [3.63, 3.8) is 0 Å². The number of hydrogen-bond donors (Lipinski definition) is 3. The highest BCUT2D eigenvalue weighted by Gasteiger charge is 2.19. The number of aliphatic hydroxyl groups is 1. The molecule has 4 N–H and O–H groups in total. The van der Waals surface area contributed by atoms with Crippen LogP contribution in [-0.4, -0.2) is 38.3 Å². The van der Waals surface area contributed by atoms with Crippen LogP contribution >= 0.6 is 0 Å². The number of primary amides is 1. The average molecular weight is 462 g/mol. The third-order valence-electron chi connectivity index (χ3n) is 6.13. The molecular formula is C26H31N5O3. The highest BCUT2D eigenvalue weighted by Crippen LogP contribution is 2.25. The number of nitrogens with zero attached hydrogens (tertiary/aromatic N) is 3. The number of nitrogens with one attached hydrogen (secondary N) is 1. The smallest absolute Gasteiger partial charge is 0.218 e. The van der Waals surface area contributed by atoms with Gasteiger partial charge in [-0.2, -0.15) is 0 Å². The van der Waals surface area contributed by atoms with Crippen LogP contribution in [0.2, 0.25) is 0 Å². The lowest BCUT2D eigenvalue weighted by atomic mass is 9.86. The molecule has 0 spiro atoms. The molecule has 0 saturated heterocycles. The number of nitrogens with two attached hydrogens (primary N) is 1. The first-order valence-electron chi connectivity index (χ1n) is 11.8. The van der Waals surface area contributed by atoms with Crippen molar-refractivity contribution in [2.75, 3.05) is 6.54 Å². The number of aromatic nitrogens is 3. The van der Waals surface area contributed by atoms with Crippen LogP contribution in [0.4, 0.5) is 0 Å². The third kappa shape index (κ3) is 6.34. The molecule has 1 atom stereocenters. The third-order valence-corrected chi connectivity index (χ3v) is 6.13. The van der Waals surface area contributed by atoms with Gasteiger partial charge < -0.3 is 25.2 Å². The van der Waals surface area contributed by atoms with Gasteiger partial charge in [0.15, 0.2) is 5.76 Å². The molecule has 2 aromatic heterocycles. The maximum atomic E-state index is 10.9. The number of carbonyl (C=O) groups is 1. The Hall–Kier alpha value is -3.41. The lowest BCUT2D eigenvalue weighted by molar-refractivity contribution is -0.117. The second-order valence-corrected chi connectivity index (χ2v) is 8.84. The maximum Gasteiger partial charge on any atom is 0.218 e. The van der Waals surface area contributed by atoms with Gasteiger partial charge in [0, 0.05) is 54.5 Å². The van der Waals surface area contributed by atoms with Gasteiger partial charge in [-0.3, -0.25) is 4.79 Å². The topological polar surface area (TPSA) is 119 Å². The van der Waals surface area contributed by atoms with Gasteiger partial charge >= 0.3 is 0 Å². The predicted molar refractivity (Wildman–Crippen MR) is 128 cm³/mol. The highest BCUT2D eigenvalue weighted by atomic mass is 16.5. The molecule has 4 rings (SSSR count). The zero-order valence-electron chi connectivity index (χ0n) is 19.4. The molecule has 0 aliphatic heterocycles. The van der Waals surface area contributed by atoms with Crippen molar-refractivity contribution in [1.82, 2.24) is 20.0 Å². The van der Waals surface area contributed by atoms with Crippen LogP contribution < -0.4 is 11.1 Å². The Morgan fingerprint density at radius 1 is 1.29 bits per heavy atom. The molecule has 1 fully saturated rings. The fraction of sp³-hybridized carbons (Fsp3) is 0.423. The van der Waals surface area contributed by atoms with E-state index in [9.17, 15) is 9.90 Å². The number of hydrogen-bond acceptors (Lipinski definition) is 6. The van der Waals surface area contributed by atoms with Gasteiger partial charge in [-0.15, -0.1) is 0 Å². The van der Waals surface area contributed by atoms with Crippen molar-refractivity contribution < 1.29 is 14.4 Å². The van der Waals surface area contributed by atoms with E-state index < -0.39 is 6.10 Å². The Morgan fingerprint density at radius 3 is 2.76 bits per heavy atom. The fourth-order valence-electron chi connectivity index (χ4n) is 4.26. The first-order valence-corrected chi connectivity index (χ1v) is 11.8. The van der Waals surface area contributed by atoms with Gasteiger partial charge in [0.25, 0.3) is 0 Å². The van der Waals surface area contributed by atoms with Crippen molar-refractivity contribution in [2.24, 2.45) is 11.7 Å². The summed E-state index contributed by atoms with van der Waals surface area (Å²) in [4.78, 5) is 15.0. The molecule has 3 aromatic rings. The second kappa shape index (κ2) is 11.1. The lowest BCUT2D eigenvalue weighted by Crippen LogP contribution is -2.35. The maximum absolute atomic E-state index is 10.9. The molecule has 1 amide bonds. The summed E-state index contributed by atoms with van der Waals surface area (Å²) in [5.41, 5.74) is 7.87. The molecule has 2 heterocycles. The number of imidazole rings is 1. The highest BCUT2D eigenvalue weighted by molar-refractivity contribution is 5.73. The van der Waals surface area contributed by atoms with Crippen LogP contribution in [0.5, 0.6) is 0 Å². The van der Waals surface area contributed by atoms with Gasteiger partial charge in [0.05, 0.1) is 6.54 Å². The summed E-state index contributed by atoms with van der Waals surface area (Å²) in [5.74, 6) is 8.15. The van der Waals surface area contributed by atoms with Gasteiger partial charge in [-0.1, -0.05) is 17.0 Å². The summed E-state index contributed by atoms with van der Waals surface area (Å²) in [6.45, 7) is 2.83. The first kappa shape index (κ1) is 23.7. The Labute approximate surface area is 199 Å². The fourth-order valence-corrected chi connectivity index (χ4v) is 4.26. The van der Waals surface area contributed by atoms with E-state index in [0.717, 1.165) is 42.5 Å². The van der Waals surface area contributed by atoms with E-state index in [1.54, 1.807) is 13.1 Å². The van der Waals surface area contributed by atoms with E-state index in [4.69, 9.17) is 10.3 Å². The largest absolute Gasteiger partial charge is 0.385 e. The van der Waals surface area contributed by atoms with Crippen molar-refractivity contribution >= 4 is 5.91 Å². The molecule has 34 heavy (non-hydrogen) atoms. The number of amides is 1. The minimum absolute atomic E-state index is 0.261. The lowest BCUT2D eigenvalue weighted by Gasteiger charge is -2.26. The summed E-state index contributed by atoms with van der Waals surface area (Å²) in [7, 11) is 0. The van der Waals surface area contributed by atoms with Gasteiger partial charge in [0.2, 0.25) is 5.91 Å². The first-order chi connectivity index (χ1) is 16.5. The molecule has 0 radical (unpaired) electrons. The summed E-state index contributed by atoms with van der Waals surface area (Å²) in [5, 5.41) is 17.4. The van der Waals surface area contributed by atoms with Gasteiger partial charge in [0.1, 0.15) is 17.6 Å². The van der Waals surface area contributed by atoms with Gasteiger partial charge in [-0.25, -0.2) is 4.98 Å². The molecule has 1 aliphatic carbocycles. The van der Waals surface area contributed by atoms with Crippen LogP contribution in [0.15, 0.2) is 47.2 Å². The zero-order valence-corrected chi connectivity index (χ0v) is 19.4. The molecule has 178 valence electrons. The molecule has 1 aliphatic rings. The normalized spacial score (nSPS) is 18.8. The van der Waals surface area contributed by atoms with Crippen molar-refractivity contribution in [2.45, 2.75) is 57.7 Å². The summed E-state index contributed by atoms with van der Waals surface area (Å²) in [6.07, 6.45) is 7.50. The number of rotatable bonds is 8. The van der Waals surface area contributed by atoms with Crippen LogP contribution in [0.1, 0.15) is 62.2 Å². The van der Waals surface area contributed by atoms with E-state index in [0.29, 0.717) is 43.1 Å². The van der Waals surface area contributed by atoms with E-state index >= 15 is 0 Å². The zero-order chi connectivity index (χ0) is 23.9. The van der Waals surface area contributed by atoms with E-state index in [2.05, 4.69) is 27.3 Å². The van der Waals surface area contributed by atoms with Crippen molar-refractivity contribution in [3.8, 4) is 23.2 Å². The summed E-state index contributed by atoms with van der Waals surface area (Å²) in [6, 6.07) is 10.4. The molecule has 1 aromatic carbocycles. The Balaban J connectivity index is 1.30. The van der Waals surface area contributed by atoms with Gasteiger partial charge in [-0.05, 0) is 56.9 Å². The molecule has 0 unspecified atom stereocenters. The van der Waals surface area contributed by atoms with Crippen LogP contribution in [-0.2, 0) is 11.3 Å². The molecular weight excluding hydrogens is 430 g/mol. The Morgan fingerprint density at radius 2 is 2.06 bits per heavy atom. The molecule has 8 heteroatoms. The number of aliphatic hydroxyl groups excluding tert-OH is 1. The quantitative estimate of drug-likeness (QED) is 0.444. The monoisotopic (exact) mass is 461 g/mol. The average Bonchev–Trinajstić information content (AvgIpc) is 3.49. The minimum atomic E-state index is -0.644. The van der Waals surface area contributed by atoms with Crippen molar-refractivity contribution in [3.05, 3.63) is 59.8 Å². The van der Waals surface area contributed by atoms with E-state index in [-0.39, 0.29) is 5.91 Å². The Bertz CT molecular complexity index is 1150. The van der Waals surface area contributed by atoms with Crippen LogP contribution in [0.25, 0.3) is 11.3 Å². The van der Waals surface area contributed by atoms with E-state index in [1.165, 1.54) is 0 Å². The van der Waals surface area contributed by atoms with Crippen LogP contribution in [0.3, 0.4) is 0 Å². The summed E-state index contributed by atoms with van der Waals surface area (Å²) >= 11 is 0.